The molecular formula is C8H15F3O. The monoisotopic (exact) mass is 184 g/mol. The molecule has 0 bridgehead atoms. The first kappa shape index (κ1) is 11.8. The molecule has 0 spiro atoms. The third-order valence-electron chi connectivity index (χ3n) is 2.01. The minimum atomic E-state index is -4.09. The van der Waals surface area contributed by atoms with E-state index in [0.29, 0.717) is 6.42 Å². The average molecular weight is 184 g/mol. The molecule has 4 heteroatoms. The first-order valence-corrected chi connectivity index (χ1v) is 4.11. The molecule has 74 valence electrons. The fourth-order valence-corrected chi connectivity index (χ4v) is 1.14. The van der Waals surface area contributed by atoms with Crippen molar-refractivity contribution >= 4 is 0 Å². The molecule has 1 nitrogen and oxygen atoms in total. The Kier molecular flexibility index (Phi) is 4.60. The zero-order valence-corrected chi connectivity index (χ0v) is 7.36. The van der Waals surface area contributed by atoms with Crippen LogP contribution in [0.2, 0.25) is 0 Å². The van der Waals surface area contributed by atoms with Crippen LogP contribution in [0.25, 0.3) is 0 Å². The van der Waals surface area contributed by atoms with Crippen molar-refractivity contribution in [1.29, 1.82) is 0 Å². The molecule has 0 radical (unpaired) electrons. The Morgan fingerprint density at radius 1 is 1.33 bits per heavy atom. The zero-order valence-electron chi connectivity index (χ0n) is 7.36. The lowest BCUT2D eigenvalue weighted by Gasteiger charge is -2.18. The minimum absolute atomic E-state index is 0.0255. The summed E-state index contributed by atoms with van der Waals surface area (Å²) >= 11 is 0. The van der Waals surface area contributed by atoms with E-state index >= 15 is 0 Å². The highest BCUT2D eigenvalue weighted by molar-refractivity contribution is 4.65. The number of aliphatic hydroxyl groups excluding tert-OH is 1. The van der Waals surface area contributed by atoms with Crippen LogP contribution >= 0.6 is 0 Å². The van der Waals surface area contributed by atoms with Crippen molar-refractivity contribution in [3.05, 3.63) is 0 Å². The normalized spacial score (nSPS) is 17.5. The summed E-state index contributed by atoms with van der Waals surface area (Å²) in [4.78, 5) is 0. The Hall–Kier alpha value is -0.250. The molecule has 0 rings (SSSR count). The van der Waals surface area contributed by atoms with Gasteiger partial charge in [0, 0.05) is 6.42 Å². The number of hydrogen-bond donors (Lipinski definition) is 1. The lowest BCUT2D eigenvalue weighted by molar-refractivity contribution is -0.139. The van der Waals surface area contributed by atoms with E-state index in [0.717, 1.165) is 0 Å². The van der Waals surface area contributed by atoms with Crippen LogP contribution in [0.15, 0.2) is 0 Å². The van der Waals surface area contributed by atoms with E-state index in [1.165, 1.54) is 6.92 Å². The molecule has 0 aliphatic heterocycles. The molecule has 0 aromatic carbocycles. The Balaban J connectivity index is 3.73. The molecule has 2 unspecified atom stereocenters. The fourth-order valence-electron chi connectivity index (χ4n) is 1.14. The summed E-state index contributed by atoms with van der Waals surface area (Å²) in [6.45, 7) is 3.32. The highest BCUT2D eigenvalue weighted by Gasteiger charge is 2.28. The molecule has 0 saturated heterocycles. The highest BCUT2D eigenvalue weighted by atomic mass is 19.4. The molecule has 0 amide bonds. The van der Waals surface area contributed by atoms with Crippen molar-refractivity contribution in [2.45, 2.75) is 45.4 Å². The van der Waals surface area contributed by atoms with Gasteiger partial charge in [-0.15, -0.1) is 0 Å². The van der Waals surface area contributed by atoms with Crippen LogP contribution in [0.5, 0.6) is 0 Å². The minimum Gasteiger partial charge on any atom is -0.393 e. The number of aliphatic hydroxyl groups is 1. The van der Waals surface area contributed by atoms with Gasteiger partial charge in [0.25, 0.3) is 0 Å². The summed E-state index contributed by atoms with van der Waals surface area (Å²) in [6, 6.07) is 0. The first-order valence-electron chi connectivity index (χ1n) is 4.11. The number of alkyl halides is 3. The van der Waals surface area contributed by atoms with Gasteiger partial charge in [0.1, 0.15) is 0 Å². The van der Waals surface area contributed by atoms with Crippen LogP contribution in [0.1, 0.15) is 33.1 Å². The van der Waals surface area contributed by atoms with Crippen LogP contribution in [0, 0.1) is 5.92 Å². The van der Waals surface area contributed by atoms with E-state index in [2.05, 4.69) is 0 Å². The maximum atomic E-state index is 11.7. The van der Waals surface area contributed by atoms with Gasteiger partial charge >= 0.3 is 6.18 Å². The van der Waals surface area contributed by atoms with Crippen LogP contribution in [-0.4, -0.2) is 17.4 Å². The van der Waals surface area contributed by atoms with Crippen molar-refractivity contribution in [1.82, 2.24) is 0 Å². The molecule has 12 heavy (non-hydrogen) atoms. The van der Waals surface area contributed by atoms with Gasteiger partial charge in [0.15, 0.2) is 0 Å². The molecule has 0 aliphatic carbocycles. The standard InChI is InChI=1S/C8H15F3O/c1-3-7(6(2)12)4-5-8(9,10)11/h6-7,12H,3-5H2,1-2H3. The van der Waals surface area contributed by atoms with E-state index in [1.807, 2.05) is 0 Å². The van der Waals surface area contributed by atoms with Gasteiger partial charge in [0.05, 0.1) is 6.10 Å². The van der Waals surface area contributed by atoms with E-state index in [-0.39, 0.29) is 12.3 Å². The number of rotatable bonds is 4. The second kappa shape index (κ2) is 4.70. The maximum Gasteiger partial charge on any atom is 0.389 e. The molecule has 0 aromatic heterocycles. The van der Waals surface area contributed by atoms with Gasteiger partial charge in [-0.1, -0.05) is 13.3 Å². The Morgan fingerprint density at radius 3 is 2.08 bits per heavy atom. The lowest BCUT2D eigenvalue weighted by Crippen LogP contribution is -2.19. The van der Waals surface area contributed by atoms with E-state index in [1.54, 1.807) is 6.92 Å². The van der Waals surface area contributed by atoms with Crippen LogP contribution < -0.4 is 0 Å². The SMILES string of the molecule is CCC(CCC(F)(F)F)C(C)O. The molecule has 0 saturated carbocycles. The van der Waals surface area contributed by atoms with Gasteiger partial charge in [-0.05, 0) is 19.3 Å². The zero-order chi connectivity index (χ0) is 9.78. The summed E-state index contributed by atoms with van der Waals surface area (Å²) in [6.07, 6.45) is -4.92. The fraction of sp³-hybridized carbons (Fsp3) is 1.00. The Morgan fingerprint density at radius 2 is 1.83 bits per heavy atom. The summed E-state index contributed by atoms with van der Waals surface area (Å²) < 4.78 is 35.2. The van der Waals surface area contributed by atoms with Crippen molar-refractivity contribution in [3.8, 4) is 0 Å². The third-order valence-corrected chi connectivity index (χ3v) is 2.01. The number of hydrogen-bond acceptors (Lipinski definition) is 1. The number of halogens is 3. The van der Waals surface area contributed by atoms with Crippen LogP contribution in [0.3, 0.4) is 0 Å². The molecule has 0 fully saturated rings. The first-order chi connectivity index (χ1) is 5.37. The Bertz CT molecular complexity index is 120. The maximum absolute atomic E-state index is 11.7. The predicted molar refractivity (Wildman–Crippen MR) is 40.8 cm³/mol. The lowest BCUT2D eigenvalue weighted by atomic mass is 9.95. The Labute approximate surface area is 70.6 Å². The van der Waals surface area contributed by atoms with Crippen LogP contribution in [0.4, 0.5) is 13.2 Å². The van der Waals surface area contributed by atoms with Gasteiger partial charge in [-0.3, -0.25) is 0 Å². The molecular weight excluding hydrogens is 169 g/mol. The summed E-state index contributed by atoms with van der Waals surface area (Å²) in [5.41, 5.74) is 0. The van der Waals surface area contributed by atoms with Gasteiger partial charge < -0.3 is 5.11 Å². The largest absolute Gasteiger partial charge is 0.393 e. The van der Waals surface area contributed by atoms with Crippen molar-refractivity contribution < 1.29 is 18.3 Å². The molecule has 1 N–H and O–H groups in total. The van der Waals surface area contributed by atoms with Crippen molar-refractivity contribution in [2.75, 3.05) is 0 Å². The second-order valence-electron chi connectivity index (χ2n) is 3.06. The summed E-state index contributed by atoms with van der Waals surface area (Å²) in [7, 11) is 0. The molecule has 2 atom stereocenters. The van der Waals surface area contributed by atoms with Gasteiger partial charge in [-0.25, -0.2) is 0 Å². The van der Waals surface area contributed by atoms with E-state index in [4.69, 9.17) is 5.11 Å². The second-order valence-corrected chi connectivity index (χ2v) is 3.06. The van der Waals surface area contributed by atoms with E-state index in [9.17, 15) is 13.2 Å². The summed E-state index contributed by atoms with van der Waals surface area (Å²) in [5, 5.41) is 9.04. The van der Waals surface area contributed by atoms with Crippen molar-refractivity contribution in [3.63, 3.8) is 0 Å². The quantitative estimate of drug-likeness (QED) is 0.712. The predicted octanol–water partition coefficient (Wildman–Crippen LogP) is 2.74. The molecule has 0 heterocycles. The van der Waals surface area contributed by atoms with Gasteiger partial charge in [0.2, 0.25) is 0 Å². The highest BCUT2D eigenvalue weighted by Crippen LogP contribution is 2.26. The smallest absolute Gasteiger partial charge is 0.389 e. The molecule has 0 aliphatic rings. The van der Waals surface area contributed by atoms with Gasteiger partial charge in [-0.2, -0.15) is 13.2 Å². The van der Waals surface area contributed by atoms with Crippen LogP contribution in [-0.2, 0) is 0 Å². The van der Waals surface area contributed by atoms with Crippen molar-refractivity contribution in [2.24, 2.45) is 5.92 Å². The molecule has 0 aromatic rings. The average Bonchev–Trinajstić information content (AvgIpc) is 1.85. The van der Waals surface area contributed by atoms with E-state index < -0.39 is 18.7 Å². The summed E-state index contributed by atoms with van der Waals surface area (Å²) in [5.74, 6) is -0.230. The third kappa shape index (κ3) is 5.41. The topological polar surface area (TPSA) is 20.2 Å².